The fourth-order valence-electron chi connectivity index (χ4n) is 1.81. The first kappa shape index (κ1) is 16.1. The molecule has 0 aliphatic heterocycles. The van der Waals surface area contributed by atoms with Crippen LogP contribution < -0.4 is 10.6 Å². The van der Waals surface area contributed by atoms with Crippen LogP contribution >= 0.6 is 15.9 Å². The van der Waals surface area contributed by atoms with Crippen LogP contribution in [-0.4, -0.2) is 29.7 Å². The zero-order valence-corrected chi connectivity index (χ0v) is 13.0. The van der Waals surface area contributed by atoms with E-state index in [-0.39, 0.29) is 12.5 Å². The topological polar surface area (TPSA) is 61.4 Å². The Morgan fingerprint density at radius 3 is 2.58 bits per heavy atom. The number of carbonyl (C=O) groups excluding carboxylic acids is 1. The van der Waals surface area contributed by atoms with E-state index in [0.29, 0.717) is 13.0 Å². The minimum atomic E-state index is -0.757. The van der Waals surface area contributed by atoms with Crippen molar-refractivity contribution in [3.05, 3.63) is 28.7 Å². The molecule has 0 aliphatic carbocycles. The molecular weight excluding hydrogens is 308 g/mol. The minimum Gasteiger partial charge on any atom is -0.389 e. The van der Waals surface area contributed by atoms with Gasteiger partial charge < -0.3 is 15.7 Å². The number of amides is 1. The molecule has 0 saturated carbocycles. The third-order valence-electron chi connectivity index (χ3n) is 2.71. The average Bonchev–Trinajstić information content (AvgIpc) is 2.31. The van der Waals surface area contributed by atoms with Gasteiger partial charge in [0, 0.05) is 16.7 Å². The number of benzene rings is 1. The second-order valence-electron chi connectivity index (χ2n) is 4.91. The lowest BCUT2D eigenvalue weighted by Crippen LogP contribution is -2.40. The molecule has 0 radical (unpaired) electrons. The molecule has 0 saturated heterocycles. The maximum Gasteiger partial charge on any atom is 0.238 e. The summed E-state index contributed by atoms with van der Waals surface area (Å²) in [4.78, 5) is 11.7. The van der Waals surface area contributed by atoms with Crippen molar-refractivity contribution in [2.24, 2.45) is 0 Å². The quantitative estimate of drug-likeness (QED) is 0.720. The van der Waals surface area contributed by atoms with Crippen LogP contribution in [0.5, 0.6) is 0 Å². The van der Waals surface area contributed by atoms with Crippen LogP contribution in [0.4, 0.5) is 5.69 Å². The molecule has 1 rings (SSSR count). The largest absolute Gasteiger partial charge is 0.389 e. The van der Waals surface area contributed by atoms with Gasteiger partial charge in [-0.15, -0.1) is 0 Å². The van der Waals surface area contributed by atoms with Gasteiger partial charge >= 0.3 is 0 Å². The van der Waals surface area contributed by atoms with Crippen molar-refractivity contribution < 1.29 is 9.90 Å². The first-order valence-electron chi connectivity index (χ1n) is 6.41. The maximum absolute atomic E-state index is 11.7. The molecule has 4 nitrogen and oxygen atoms in total. The summed E-state index contributed by atoms with van der Waals surface area (Å²) < 4.78 is 0.972. The molecule has 0 fully saturated rings. The highest BCUT2D eigenvalue weighted by Gasteiger charge is 2.18. The van der Waals surface area contributed by atoms with Crippen LogP contribution in [-0.2, 0) is 4.79 Å². The van der Waals surface area contributed by atoms with Crippen LogP contribution in [0.2, 0.25) is 0 Å². The van der Waals surface area contributed by atoms with E-state index in [1.54, 1.807) is 6.92 Å². The van der Waals surface area contributed by atoms with E-state index < -0.39 is 5.60 Å². The maximum atomic E-state index is 11.7. The second-order valence-corrected chi connectivity index (χ2v) is 5.82. The number of nitrogens with one attached hydrogen (secondary N) is 2. The molecule has 1 aromatic rings. The van der Waals surface area contributed by atoms with Gasteiger partial charge in [0.2, 0.25) is 5.91 Å². The van der Waals surface area contributed by atoms with Crippen molar-refractivity contribution >= 4 is 27.5 Å². The predicted molar refractivity (Wildman–Crippen MR) is 81.2 cm³/mol. The Balaban J connectivity index is 2.30. The van der Waals surface area contributed by atoms with Gasteiger partial charge in [-0.1, -0.05) is 29.3 Å². The lowest BCUT2D eigenvalue weighted by molar-refractivity contribution is -0.115. The van der Waals surface area contributed by atoms with Gasteiger partial charge in [0.1, 0.15) is 0 Å². The molecule has 1 unspecified atom stereocenters. The van der Waals surface area contributed by atoms with Crippen LogP contribution in [0.25, 0.3) is 0 Å². The van der Waals surface area contributed by atoms with Gasteiger partial charge in [0.05, 0.1) is 12.1 Å². The number of halogens is 1. The van der Waals surface area contributed by atoms with Gasteiger partial charge in [0.15, 0.2) is 0 Å². The van der Waals surface area contributed by atoms with Gasteiger partial charge in [-0.3, -0.25) is 4.79 Å². The van der Waals surface area contributed by atoms with E-state index in [0.717, 1.165) is 16.6 Å². The van der Waals surface area contributed by atoms with Gasteiger partial charge in [-0.05, 0) is 37.6 Å². The number of aliphatic hydroxyl groups is 1. The molecular formula is C14H21BrN2O2. The number of carbonyl (C=O) groups is 1. The molecule has 5 heteroatoms. The SMILES string of the molecule is CCCC(C)(O)CNCC(=O)Nc1ccc(Br)cc1. The summed E-state index contributed by atoms with van der Waals surface area (Å²) in [5.74, 6) is -0.116. The molecule has 0 aromatic heterocycles. The highest BCUT2D eigenvalue weighted by atomic mass is 79.9. The molecule has 19 heavy (non-hydrogen) atoms. The van der Waals surface area contributed by atoms with Crippen LogP contribution in [0.1, 0.15) is 26.7 Å². The number of rotatable bonds is 7. The smallest absolute Gasteiger partial charge is 0.238 e. The van der Waals surface area contributed by atoms with Crippen molar-refractivity contribution in [1.82, 2.24) is 5.32 Å². The van der Waals surface area contributed by atoms with Crippen LogP contribution in [0.15, 0.2) is 28.7 Å². The number of hydrogen-bond donors (Lipinski definition) is 3. The van der Waals surface area contributed by atoms with Crippen LogP contribution in [0.3, 0.4) is 0 Å². The van der Waals surface area contributed by atoms with Crippen molar-refractivity contribution in [3.63, 3.8) is 0 Å². The first-order chi connectivity index (χ1) is 8.93. The van der Waals surface area contributed by atoms with Gasteiger partial charge in [-0.2, -0.15) is 0 Å². The van der Waals surface area contributed by atoms with Gasteiger partial charge in [-0.25, -0.2) is 0 Å². The number of anilines is 1. The average molecular weight is 329 g/mol. The lowest BCUT2D eigenvalue weighted by atomic mass is 10.0. The summed E-state index contributed by atoms with van der Waals surface area (Å²) in [6.45, 7) is 4.40. The Kier molecular flexibility index (Phi) is 6.48. The highest BCUT2D eigenvalue weighted by molar-refractivity contribution is 9.10. The monoisotopic (exact) mass is 328 g/mol. The summed E-state index contributed by atoms with van der Waals surface area (Å²) in [6.07, 6.45) is 1.63. The third-order valence-corrected chi connectivity index (χ3v) is 3.24. The van der Waals surface area contributed by atoms with E-state index >= 15 is 0 Å². The molecule has 0 aliphatic rings. The summed E-state index contributed by atoms with van der Waals surface area (Å²) in [5, 5.41) is 15.7. The van der Waals surface area contributed by atoms with Crippen molar-refractivity contribution in [2.45, 2.75) is 32.3 Å². The molecule has 1 amide bonds. The number of hydrogen-bond acceptors (Lipinski definition) is 3. The zero-order valence-electron chi connectivity index (χ0n) is 11.4. The Morgan fingerprint density at radius 2 is 2.00 bits per heavy atom. The summed E-state index contributed by atoms with van der Waals surface area (Å²) in [7, 11) is 0. The Morgan fingerprint density at radius 1 is 1.37 bits per heavy atom. The first-order valence-corrected chi connectivity index (χ1v) is 7.21. The molecule has 1 atom stereocenters. The van der Waals surface area contributed by atoms with E-state index in [1.165, 1.54) is 0 Å². The standard InChI is InChI=1S/C14H21BrN2O2/c1-3-8-14(2,19)10-16-9-13(18)17-12-6-4-11(15)5-7-12/h4-7,16,19H,3,8-10H2,1-2H3,(H,17,18). The van der Waals surface area contributed by atoms with Crippen molar-refractivity contribution in [1.29, 1.82) is 0 Å². The molecule has 3 N–H and O–H groups in total. The van der Waals surface area contributed by atoms with Crippen molar-refractivity contribution in [2.75, 3.05) is 18.4 Å². The van der Waals surface area contributed by atoms with E-state index in [4.69, 9.17) is 0 Å². The normalized spacial score (nSPS) is 13.9. The van der Waals surface area contributed by atoms with E-state index in [2.05, 4.69) is 26.6 Å². The highest BCUT2D eigenvalue weighted by Crippen LogP contribution is 2.14. The third kappa shape index (κ3) is 6.71. The fraction of sp³-hybridized carbons (Fsp3) is 0.500. The fourth-order valence-corrected chi connectivity index (χ4v) is 2.08. The lowest BCUT2D eigenvalue weighted by Gasteiger charge is -2.22. The minimum absolute atomic E-state index is 0.116. The second kappa shape index (κ2) is 7.62. The van der Waals surface area contributed by atoms with Gasteiger partial charge in [0.25, 0.3) is 0 Å². The Labute approximate surface area is 122 Å². The Hall–Kier alpha value is -0.910. The summed E-state index contributed by atoms with van der Waals surface area (Å²) in [5.41, 5.74) is 0.00225. The molecule has 0 spiro atoms. The summed E-state index contributed by atoms with van der Waals surface area (Å²) in [6, 6.07) is 7.40. The predicted octanol–water partition coefficient (Wildman–Crippen LogP) is 2.53. The molecule has 1 aromatic carbocycles. The van der Waals surface area contributed by atoms with Crippen LogP contribution in [0, 0.1) is 0 Å². The Bertz CT molecular complexity index is 404. The molecule has 0 bridgehead atoms. The molecule has 0 heterocycles. The molecule has 106 valence electrons. The summed E-state index contributed by atoms with van der Waals surface area (Å²) >= 11 is 3.34. The van der Waals surface area contributed by atoms with E-state index in [1.807, 2.05) is 31.2 Å². The zero-order chi connectivity index (χ0) is 14.3. The van der Waals surface area contributed by atoms with Crippen molar-refractivity contribution in [3.8, 4) is 0 Å². The van der Waals surface area contributed by atoms with E-state index in [9.17, 15) is 9.90 Å².